The number of hydrogen-bond donors (Lipinski definition) is 2. The van der Waals surface area contributed by atoms with E-state index in [2.05, 4.69) is 15.3 Å². The summed E-state index contributed by atoms with van der Waals surface area (Å²) in [6.07, 6.45) is 1.48. The molecule has 0 saturated heterocycles. The van der Waals surface area contributed by atoms with Crippen molar-refractivity contribution < 1.29 is 14.7 Å². The third kappa shape index (κ3) is 3.42. The fraction of sp³-hybridized carbons (Fsp3) is 0.200. The maximum absolute atomic E-state index is 12.1. The lowest BCUT2D eigenvalue weighted by Gasteiger charge is -2.15. The van der Waals surface area contributed by atoms with Crippen LogP contribution in [0.3, 0.4) is 0 Å². The Morgan fingerprint density at radius 3 is 2.43 bits per heavy atom. The number of benzene rings is 1. The summed E-state index contributed by atoms with van der Waals surface area (Å²) in [5.74, 6) is -1.65. The van der Waals surface area contributed by atoms with Crippen LogP contribution in [0, 0.1) is 13.8 Å². The molecule has 1 aromatic carbocycles. The van der Waals surface area contributed by atoms with E-state index < -0.39 is 17.9 Å². The molecule has 2 N–H and O–H groups in total. The Morgan fingerprint density at radius 2 is 1.86 bits per heavy atom. The SMILES string of the molecule is Cc1cnc([C@@H](NC(=O)c2ccccc2)C(=O)O)c(C)n1. The molecule has 1 atom stereocenters. The number of nitrogens with zero attached hydrogens (tertiary/aromatic N) is 2. The first-order chi connectivity index (χ1) is 9.99. The molecule has 108 valence electrons. The van der Waals surface area contributed by atoms with Crippen molar-refractivity contribution >= 4 is 11.9 Å². The average Bonchev–Trinajstić information content (AvgIpc) is 2.46. The van der Waals surface area contributed by atoms with Crippen molar-refractivity contribution in [2.75, 3.05) is 0 Å². The number of hydrogen-bond acceptors (Lipinski definition) is 4. The molecule has 0 aliphatic carbocycles. The van der Waals surface area contributed by atoms with Crippen LogP contribution in [0.4, 0.5) is 0 Å². The van der Waals surface area contributed by atoms with Gasteiger partial charge in [0, 0.05) is 11.8 Å². The maximum Gasteiger partial charge on any atom is 0.332 e. The van der Waals surface area contributed by atoms with Gasteiger partial charge in [-0.25, -0.2) is 4.79 Å². The highest BCUT2D eigenvalue weighted by Gasteiger charge is 2.26. The number of rotatable bonds is 4. The zero-order valence-corrected chi connectivity index (χ0v) is 11.7. The number of carbonyl (C=O) groups excluding carboxylic acids is 1. The highest BCUT2D eigenvalue weighted by Crippen LogP contribution is 2.15. The monoisotopic (exact) mass is 285 g/mol. The Kier molecular flexibility index (Phi) is 4.27. The van der Waals surface area contributed by atoms with E-state index in [0.717, 1.165) is 0 Å². The Balaban J connectivity index is 2.28. The van der Waals surface area contributed by atoms with Crippen molar-refractivity contribution in [3.05, 3.63) is 59.2 Å². The van der Waals surface area contributed by atoms with Crippen molar-refractivity contribution in [3.8, 4) is 0 Å². The van der Waals surface area contributed by atoms with Gasteiger partial charge in [-0.05, 0) is 26.0 Å². The molecule has 0 aliphatic rings. The first kappa shape index (κ1) is 14.6. The Labute approximate surface area is 121 Å². The molecule has 0 saturated carbocycles. The average molecular weight is 285 g/mol. The van der Waals surface area contributed by atoms with Crippen LogP contribution in [0.5, 0.6) is 0 Å². The number of aliphatic carboxylic acids is 1. The van der Waals surface area contributed by atoms with Crippen LogP contribution in [0.1, 0.15) is 33.5 Å². The van der Waals surface area contributed by atoms with E-state index in [1.807, 2.05) is 0 Å². The molecule has 2 aromatic rings. The van der Waals surface area contributed by atoms with Gasteiger partial charge in [0.25, 0.3) is 5.91 Å². The van der Waals surface area contributed by atoms with Crippen molar-refractivity contribution in [2.45, 2.75) is 19.9 Å². The summed E-state index contributed by atoms with van der Waals surface area (Å²) in [4.78, 5) is 31.8. The number of carboxylic acids is 1. The van der Waals surface area contributed by atoms with Gasteiger partial charge in [0.2, 0.25) is 0 Å². The summed E-state index contributed by atoms with van der Waals surface area (Å²) in [5, 5.41) is 11.8. The molecule has 0 spiro atoms. The van der Waals surface area contributed by atoms with Crippen molar-refractivity contribution in [3.63, 3.8) is 0 Å². The van der Waals surface area contributed by atoms with E-state index in [4.69, 9.17) is 0 Å². The number of amides is 1. The molecule has 0 unspecified atom stereocenters. The molecule has 2 rings (SSSR count). The van der Waals surface area contributed by atoms with Crippen LogP contribution in [0.25, 0.3) is 0 Å². The summed E-state index contributed by atoms with van der Waals surface area (Å²) in [6.45, 7) is 3.43. The second-order valence-electron chi connectivity index (χ2n) is 4.59. The Morgan fingerprint density at radius 1 is 1.19 bits per heavy atom. The largest absolute Gasteiger partial charge is 0.479 e. The van der Waals surface area contributed by atoms with Crippen LogP contribution in [0.15, 0.2) is 36.5 Å². The minimum atomic E-state index is -1.23. The molecule has 0 bridgehead atoms. The number of nitrogens with one attached hydrogen (secondary N) is 1. The van der Waals surface area contributed by atoms with E-state index in [1.165, 1.54) is 6.20 Å². The van der Waals surface area contributed by atoms with Crippen LogP contribution in [-0.2, 0) is 4.79 Å². The molecule has 0 fully saturated rings. The first-order valence-electron chi connectivity index (χ1n) is 6.38. The highest BCUT2D eigenvalue weighted by atomic mass is 16.4. The zero-order chi connectivity index (χ0) is 15.4. The molecule has 1 heterocycles. The van der Waals surface area contributed by atoms with Gasteiger partial charge in [0.05, 0.1) is 17.1 Å². The fourth-order valence-corrected chi connectivity index (χ4v) is 1.94. The zero-order valence-electron chi connectivity index (χ0n) is 11.7. The standard InChI is InChI=1S/C15H15N3O3/c1-9-8-16-12(10(2)17-9)13(15(20)21)18-14(19)11-6-4-3-5-7-11/h3-8,13H,1-2H3,(H,18,19)(H,20,21)/t13-/m1/s1. The number of carbonyl (C=O) groups is 2. The Bertz CT molecular complexity index is 671. The van der Waals surface area contributed by atoms with Crippen LogP contribution in [0.2, 0.25) is 0 Å². The lowest BCUT2D eigenvalue weighted by Crippen LogP contribution is -2.35. The van der Waals surface area contributed by atoms with Crippen molar-refractivity contribution in [1.29, 1.82) is 0 Å². The smallest absolute Gasteiger partial charge is 0.332 e. The van der Waals surface area contributed by atoms with E-state index in [9.17, 15) is 14.7 Å². The van der Waals surface area contributed by atoms with Gasteiger partial charge in [-0.15, -0.1) is 0 Å². The minimum absolute atomic E-state index is 0.234. The number of aryl methyl sites for hydroxylation is 2. The summed E-state index contributed by atoms with van der Waals surface area (Å²) in [5.41, 5.74) is 1.80. The summed E-state index contributed by atoms with van der Waals surface area (Å²) >= 11 is 0. The summed E-state index contributed by atoms with van der Waals surface area (Å²) in [7, 11) is 0. The summed E-state index contributed by atoms with van der Waals surface area (Å²) in [6, 6.07) is 7.19. The molecule has 1 amide bonds. The molecule has 6 nitrogen and oxygen atoms in total. The van der Waals surface area contributed by atoms with Crippen LogP contribution < -0.4 is 5.32 Å². The predicted molar refractivity (Wildman–Crippen MR) is 75.8 cm³/mol. The molecular formula is C15H15N3O3. The quantitative estimate of drug-likeness (QED) is 0.891. The van der Waals surface area contributed by atoms with E-state index in [0.29, 0.717) is 17.0 Å². The lowest BCUT2D eigenvalue weighted by atomic mass is 10.1. The minimum Gasteiger partial charge on any atom is -0.479 e. The normalized spacial score (nSPS) is 11.7. The molecule has 0 radical (unpaired) electrons. The third-order valence-electron chi connectivity index (χ3n) is 2.94. The van der Waals surface area contributed by atoms with Gasteiger partial charge in [0.1, 0.15) is 0 Å². The predicted octanol–water partition coefficient (Wildman–Crippen LogP) is 1.65. The summed E-state index contributed by atoms with van der Waals surface area (Å²) < 4.78 is 0. The van der Waals surface area contributed by atoms with Crippen molar-refractivity contribution in [2.24, 2.45) is 0 Å². The first-order valence-corrected chi connectivity index (χ1v) is 6.38. The molecule has 6 heteroatoms. The lowest BCUT2D eigenvalue weighted by molar-refractivity contribution is -0.139. The number of aromatic nitrogens is 2. The van der Waals surface area contributed by atoms with E-state index >= 15 is 0 Å². The Hall–Kier alpha value is -2.76. The second kappa shape index (κ2) is 6.13. The molecule has 0 aliphatic heterocycles. The van der Waals surface area contributed by atoms with Crippen LogP contribution >= 0.6 is 0 Å². The van der Waals surface area contributed by atoms with E-state index in [-0.39, 0.29) is 5.69 Å². The van der Waals surface area contributed by atoms with Crippen LogP contribution in [-0.4, -0.2) is 27.0 Å². The van der Waals surface area contributed by atoms with Gasteiger partial charge in [0.15, 0.2) is 6.04 Å². The molecule has 1 aromatic heterocycles. The van der Waals surface area contributed by atoms with E-state index in [1.54, 1.807) is 44.2 Å². The topological polar surface area (TPSA) is 92.2 Å². The number of carboxylic acid groups (broad SMARTS) is 1. The van der Waals surface area contributed by atoms with Gasteiger partial charge >= 0.3 is 5.97 Å². The highest BCUT2D eigenvalue weighted by molar-refractivity contribution is 5.96. The van der Waals surface area contributed by atoms with Gasteiger partial charge in [-0.2, -0.15) is 0 Å². The molecular weight excluding hydrogens is 270 g/mol. The second-order valence-corrected chi connectivity index (χ2v) is 4.59. The van der Waals surface area contributed by atoms with Gasteiger partial charge in [-0.3, -0.25) is 14.8 Å². The fourth-order valence-electron chi connectivity index (χ4n) is 1.94. The van der Waals surface area contributed by atoms with Crippen molar-refractivity contribution in [1.82, 2.24) is 15.3 Å². The van der Waals surface area contributed by atoms with Gasteiger partial charge in [-0.1, -0.05) is 18.2 Å². The molecule has 21 heavy (non-hydrogen) atoms. The third-order valence-corrected chi connectivity index (χ3v) is 2.94. The maximum atomic E-state index is 12.1. The van der Waals surface area contributed by atoms with Gasteiger partial charge < -0.3 is 10.4 Å².